The summed E-state index contributed by atoms with van der Waals surface area (Å²) in [6.45, 7) is 6.13. The van der Waals surface area contributed by atoms with Crippen LogP contribution in [0.15, 0.2) is 170 Å². The molecule has 69 heavy (non-hydrogen) atoms. The van der Waals surface area contributed by atoms with Crippen LogP contribution in [-0.2, 0) is 28.6 Å². The fourth-order valence-corrected chi connectivity index (χ4v) is 6.41. The molecule has 0 amide bonds. The van der Waals surface area contributed by atoms with Crippen molar-refractivity contribution >= 4 is 17.9 Å². The van der Waals surface area contributed by atoms with Crippen LogP contribution in [0.1, 0.15) is 188 Å². The van der Waals surface area contributed by atoms with Crippen molar-refractivity contribution in [3.8, 4) is 0 Å². The third-order valence-electron chi connectivity index (χ3n) is 10.3. The van der Waals surface area contributed by atoms with Crippen LogP contribution in [0.25, 0.3) is 0 Å². The fourth-order valence-electron chi connectivity index (χ4n) is 6.41. The summed E-state index contributed by atoms with van der Waals surface area (Å²) in [6.07, 6.45) is 82.1. The Kier molecular flexibility index (Phi) is 51.2. The molecule has 6 heteroatoms. The van der Waals surface area contributed by atoms with Crippen molar-refractivity contribution in [3.63, 3.8) is 0 Å². The highest BCUT2D eigenvalue weighted by Crippen LogP contribution is 2.12. The molecule has 1 atom stereocenters. The van der Waals surface area contributed by atoms with Crippen LogP contribution in [0.3, 0.4) is 0 Å². The van der Waals surface area contributed by atoms with Crippen molar-refractivity contribution in [1.29, 1.82) is 0 Å². The monoisotopic (exact) mass is 947 g/mol. The van der Waals surface area contributed by atoms with E-state index in [0.717, 1.165) is 122 Å². The van der Waals surface area contributed by atoms with E-state index in [2.05, 4.69) is 142 Å². The number of unbranched alkanes of at least 4 members (excludes halogenated alkanes) is 9. The average Bonchev–Trinajstić information content (AvgIpc) is 3.35. The average molecular weight is 947 g/mol. The molecule has 0 fully saturated rings. The first kappa shape index (κ1) is 63.8. The summed E-state index contributed by atoms with van der Waals surface area (Å²) in [4.78, 5) is 38.0. The minimum atomic E-state index is -0.842. The predicted octanol–water partition coefficient (Wildman–Crippen LogP) is 18.0. The molecule has 0 bridgehead atoms. The molecular formula is C63H94O6. The number of carbonyl (C=O) groups is 3. The molecule has 0 saturated carbocycles. The molecule has 0 radical (unpaired) electrons. The summed E-state index contributed by atoms with van der Waals surface area (Å²) >= 11 is 0. The molecule has 0 aliphatic carbocycles. The lowest BCUT2D eigenvalue weighted by Gasteiger charge is -2.18. The van der Waals surface area contributed by atoms with Gasteiger partial charge >= 0.3 is 17.9 Å². The van der Waals surface area contributed by atoms with Crippen molar-refractivity contribution in [3.05, 3.63) is 170 Å². The SMILES string of the molecule is CC\C=C/C=C\C=C/C=C\CCCCCC(=O)OCC(COC(=O)CC/C=C\C/C=C\C/C=C\C/C=C\C/C=C\C/C=C\CC)OC(=O)CCCCCCCC/C=C\C/C=C\C/C=C\C/C=C\CC. The Morgan fingerprint density at radius 3 is 1.09 bits per heavy atom. The van der Waals surface area contributed by atoms with Crippen molar-refractivity contribution in [2.24, 2.45) is 0 Å². The lowest BCUT2D eigenvalue weighted by Crippen LogP contribution is -2.30. The first-order valence-corrected chi connectivity index (χ1v) is 26.7. The van der Waals surface area contributed by atoms with Gasteiger partial charge in [0.25, 0.3) is 0 Å². The fraction of sp³-hybridized carbons (Fsp3) is 0.508. The molecule has 6 nitrogen and oxygen atoms in total. The minimum Gasteiger partial charge on any atom is -0.462 e. The van der Waals surface area contributed by atoms with Crippen LogP contribution in [0, 0.1) is 0 Å². The number of ether oxygens (including phenoxy) is 3. The Morgan fingerprint density at radius 2 is 0.623 bits per heavy atom. The molecule has 0 saturated heterocycles. The topological polar surface area (TPSA) is 78.9 Å². The normalized spacial score (nSPS) is 13.5. The molecule has 382 valence electrons. The van der Waals surface area contributed by atoms with Gasteiger partial charge in [-0.1, -0.05) is 223 Å². The molecule has 0 aromatic carbocycles. The standard InChI is InChI=1S/C63H94O6/c1-4-7-10-13-16-19-22-25-27-29-31-33-35-38-41-44-47-50-53-56-62(65)68-59-60(58-67-61(64)55-52-49-46-43-40-37-24-21-18-15-12-9-6-3)69-63(66)57-54-51-48-45-42-39-36-34-32-30-28-26-23-20-17-14-11-8-5-2/h7-12,15-21,24-28,31-34,37-38,40-41,47,50,60H,4-6,13-14,22-23,29-30,35-36,39,42-46,48-49,51-59H2,1-3H3/b10-7-,11-8-,12-9-,18-15-,19-16-,20-17-,24-21-,27-25-,28-26-,33-31-,34-32-,40-37-,41-38-,50-47-. The van der Waals surface area contributed by atoms with Gasteiger partial charge in [0.2, 0.25) is 0 Å². The lowest BCUT2D eigenvalue weighted by molar-refractivity contribution is -0.166. The first-order valence-electron chi connectivity index (χ1n) is 26.7. The van der Waals surface area contributed by atoms with Gasteiger partial charge in [-0.3, -0.25) is 14.4 Å². The maximum Gasteiger partial charge on any atom is 0.306 e. The highest BCUT2D eigenvalue weighted by Gasteiger charge is 2.19. The molecule has 0 aromatic heterocycles. The van der Waals surface area contributed by atoms with E-state index >= 15 is 0 Å². The molecule has 0 spiro atoms. The Labute approximate surface area is 422 Å². The quantitative estimate of drug-likeness (QED) is 0.0199. The summed E-state index contributed by atoms with van der Waals surface area (Å²) in [6, 6.07) is 0. The number of carbonyl (C=O) groups excluding carboxylic acids is 3. The lowest BCUT2D eigenvalue weighted by atomic mass is 10.1. The van der Waals surface area contributed by atoms with E-state index in [-0.39, 0.29) is 50.4 Å². The number of esters is 3. The largest absolute Gasteiger partial charge is 0.462 e. The Balaban J connectivity index is 4.61. The second-order valence-corrected chi connectivity index (χ2v) is 16.7. The van der Waals surface area contributed by atoms with Gasteiger partial charge in [-0.05, 0) is 116 Å². The summed E-state index contributed by atoms with van der Waals surface area (Å²) in [5.41, 5.74) is 0. The van der Waals surface area contributed by atoms with E-state index in [0.29, 0.717) is 12.8 Å². The third-order valence-corrected chi connectivity index (χ3v) is 10.3. The highest BCUT2D eigenvalue weighted by atomic mass is 16.6. The second-order valence-electron chi connectivity index (χ2n) is 16.7. The van der Waals surface area contributed by atoms with Gasteiger partial charge in [0.15, 0.2) is 6.10 Å². The predicted molar refractivity (Wildman–Crippen MR) is 297 cm³/mol. The maximum absolute atomic E-state index is 12.8. The van der Waals surface area contributed by atoms with E-state index in [1.165, 1.54) is 12.8 Å². The van der Waals surface area contributed by atoms with Gasteiger partial charge in [-0.25, -0.2) is 0 Å². The smallest absolute Gasteiger partial charge is 0.306 e. The number of allylic oxidation sites excluding steroid dienone is 28. The minimum absolute atomic E-state index is 0.137. The van der Waals surface area contributed by atoms with Crippen LogP contribution >= 0.6 is 0 Å². The van der Waals surface area contributed by atoms with Crippen LogP contribution in [0.5, 0.6) is 0 Å². The molecule has 0 rings (SSSR count). The van der Waals surface area contributed by atoms with Crippen molar-refractivity contribution in [1.82, 2.24) is 0 Å². The molecule has 0 aromatic rings. The van der Waals surface area contributed by atoms with E-state index in [1.807, 2.05) is 48.6 Å². The summed E-state index contributed by atoms with van der Waals surface area (Å²) < 4.78 is 16.7. The van der Waals surface area contributed by atoms with Crippen LogP contribution < -0.4 is 0 Å². The molecule has 0 N–H and O–H groups in total. The summed E-state index contributed by atoms with van der Waals surface area (Å²) in [5.74, 6) is -1.09. The van der Waals surface area contributed by atoms with Gasteiger partial charge in [-0.2, -0.15) is 0 Å². The second kappa shape index (κ2) is 55.4. The Bertz CT molecular complexity index is 1650. The van der Waals surface area contributed by atoms with E-state index in [1.54, 1.807) is 0 Å². The molecule has 0 heterocycles. The Morgan fingerprint density at radius 1 is 0.304 bits per heavy atom. The highest BCUT2D eigenvalue weighted by molar-refractivity contribution is 5.71. The van der Waals surface area contributed by atoms with Crippen molar-refractivity contribution in [2.75, 3.05) is 13.2 Å². The zero-order valence-corrected chi connectivity index (χ0v) is 43.5. The Hall–Kier alpha value is -5.23. The van der Waals surface area contributed by atoms with Crippen molar-refractivity contribution < 1.29 is 28.6 Å². The van der Waals surface area contributed by atoms with Gasteiger partial charge in [0, 0.05) is 19.3 Å². The number of rotatable bonds is 45. The first-order chi connectivity index (χ1) is 34.0. The summed E-state index contributed by atoms with van der Waals surface area (Å²) in [7, 11) is 0. The van der Waals surface area contributed by atoms with Gasteiger partial charge < -0.3 is 14.2 Å². The zero-order chi connectivity index (χ0) is 50.0. The molecule has 1 unspecified atom stereocenters. The number of hydrogen-bond donors (Lipinski definition) is 0. The van der Waals surface area contributed by atoms with Crippen LogP contribution in [-0.4, -0.2) is 37.2 Å². The van der Waals surface area contributed by atoms with Gasteiger partial charge in [0.05, 0.1) is 0 Å². The number of hydrogen-bond acceptors (Lipinski definition) is 6. The van der Waals surface area contributed by atoms with E-state index in [9.17, 15) is 14.4 Å². The third kappa shape index (κ3) is 53.6. The molecule has 0 aliphatic heterocycles. The summed E-state index contributed by atoms with van der Waals surface area (Å²) in [5, 5.41) is 0. The molecular weight excluding hydrogens is 853 g/mol. The van der Waals surface area contributed by atoms with E-state index < -0.39 is 6.10 Å². The van der Waals surface area contributed by atoms with Crippen LogP contribution in [0.4, 0.5) is 0 Å². The van der Waals surface area contributed by atoms with Crippen LogP contribution in [0.2, 0.25) is 0 Å². The van der Waals surface area contributed by atoms with Gasteiger partial charge in [-0.15, -0.1) is 0 Å². The van der Waals surface area contributed by atoms with E-state index in [4.69, 9.17) is 14.2 Å². The zero-order valence-electron chi connectivity index (χ0n) is 43.5. The maximum atomic E-state index is 12.8. The molecule has 0 aliphatic rings. The van der Waals surface area contributed by atoms with Crippen molar-refractivity contribution in [2.45, 2.75) is 194 Å². The van der Waals surface area contributed by atoms with Gasteiger partial charge in [0.1, 0.15) is 13.2 Å².